The summed E-state index contributed by atoms with van der Waals surface area (Å²) < 4.78 is 18.0. The lowest BCUT2D eigenvalue weighted by Gasteiger charge is -1.99. The highest BCUT2D eigenvalue weighted by Gasteiger charge is 2.11. The lowest BCUT2D eigenvalue weighted by Crippen LogP contribution is -1.83. The van der Waals surface area contributed by atoms with Gasteiger partial charge in [0.05, 0.1) is 0 Å². The number of nitrogens with zero attached hydrogens (tertiary/aromatic N) is 2. The highest BCUT2D eigenvalue weighted by molar-refractivity contribution is 5.61. The molecule has 0 aliphatic heterocycles. The Bertz CT molecular complexity index is 751. The van der Waals surface area contributed by atoms with Crippen LogP contribution in [0.15, 0.2) is 47.0 Å². The van der Waals surface area contributed by atoms with Crippen molar-refractivity contribution in [1.29, 1.82) is 0 Å². The van der Waals surface area contributed by atoms with E-state index in [0.29, 0.717) is 22.8 Å². The Morgan fingerprint density at radius 3 is 2.45 bits per heavy atom. The molecule has 0 radical (unpaired) electrons. The molecule has 2 aromatic carbocycles. The number of hydrogen-bond donors (Lipinski definition) is 1. The Balaban J connectivity index is 1.97. The second kappa shape index (κ2) is 4.77. The van der Waals surface area contributed by atoms with Crippen molar-refractivity contribution in [2.45, 2.75) is 6.92 Å². The maximum atomic E-state index is 12.9. The number of phenols is 1. The molecule has 1 heterocycles. The third-order valence-corrected chi connectivity index (χ3v) is 2.98. The van der Waals surface area contributed by atoms with Crippen LogP contribution in [0.2, 0.25) is 0 Å². The molecular weight excluding hydrogens is 259 g/mol. The first kappa shape index (κ1) is 12.3. The van der Waals surface area contributed by atoms with Crippen molar-refractivity contribution in [1.82, 2.24) is 10.1 Å². The van der Waals surface area contributed by atoms with Gasteiger partial charge in [0.15, 0.2) is 0 Å². The number of hydrogen-bond acceptors (Lipinski definition) is 4. The minimum absolute atomic E-state index is 0.170. The Morgan fingerprint density at radius 1 is 1.05 bits per heavy atom. The van der Waals surface area contributed by atoms with Crippen LogP contribution in [-0.4, -0.2) is 15.2 Å². The van der Waals surface area contributed by atoms with E-state index in [1.807, 2.05) is 0 Å². The van der Waals surface area contributed by atoms with E-state index in [1.165, 1.54) is 12.1 Å². The fourth-order valence-corrected chi connectivity index (χ4v) is 1.80. The van der Waals surface area contributed by atoms with Gasteiger partial charge in [-0.05, 0) is 48.9 Å². The minimum atomic E-state index is -0.319. The molecule has 0 aliphatic rings. The van der Waals surface area contributed by atoms with E-state index in [1.54, 1.807) is 37.3 Å². The van der Waals surface area contributed by atoms with Gasteiger partial charge in [0.1, 0.15) is 11.6 Å². The molecule has 1 N–H and O–H groups in total. The van der Waals surface area contributed by atoms with Crippen LogP contribution >= 0.6 is 0 Å². The highest BCUT2D eigenvalue weighted by atomic mass is 19.1. The fourth-order valence-electron chi connectivity index (χ4n) is 1.80. The van der Waals surface area contributed by atoms with Gasteiger partial charge in [-0.2, -0.15) is 4.98 Å². The van der Waals surface area contributed by atoms with Crippen molar-refractivity contribution in [2.75, 3.05) is 0 Å². The molecule has 4 nitrogen and oxygen atoms in total. The summed E-state index contributed by atoms with van der Waals surface area (Å²) in [5.74, 6) is 0.532. The average Bonchev–Trinajstić information content (AvgIpc) is 2.92. The van der Waals surface area contributed by atoms with Crippen LogP contribution in [0.3, 0.4) is 0 Å². The molecule has 0 bridgehead atoms. The maximum Gasteiger partial charge on any atom is 0.258 e. The fraction of sp³-hybridized carbons (Fsp3) is 0.0667. The molecule has 3 aromatic rings. The summed E-state index contributed by atoms with van der Waals surface area (Å²) in [7, 11) is 0. The van der Waals surface area contributed by atoms with Gasteiger partial charge in [0.2, 0.25) is 5.82 Å². The molecule has 0 aliphatic carbocycles. The Hall–Kier alpha value is -2.69. The van der Waals surface area contributed by atoms with Gasteiger partial charge in [0, 0.05) is 11.1 Å². The van der Waals surface area contributed by atoms with Crippen LogP contribution in [0.1, 0.15) is 5.56 Å². The molecule has 5 heteroatoms. The summed E-state index contributed by atoms with van der Waals surface area (Å²) in [5.41, 5.74) is 2.07. The van der Waals surface area contributed by atoms with Gasteiger partial charge >= 0.3 is 0 Å². The Labute approximate surface area is 114 Å². The number of aryl methyl sites for hydroxylation is 1. The lowest BCUT2D eigenvalue weighted by molar-refractivity contribution is 0.431. The van der Waals surface area contributed by atoms with Gasteiger partial charge in [-0.15, -0.1) is 0 Å². The number of benzene rings is 2. The van der Waals surface area contributed by atoms with Gasteiger partial charge in [-0.1, -0.05) is 11.2 Å². The number of rotatable bonds is 2. The van der Waals surface area contributed by atoms with E-state index in [9.17, 15) is 9.50 Å². The van der Waals surface area contributed by atoms with Crippen molar-refractivity contribution >= 4 is 0 Å². The molecule has 0 atom stereocenters. The van der Waals surface area contributed by atoms with Crippen molar-refractivity contribution < 1.29 is 14.0 Å². The van der Waals surface area contributed by atoms with E-state index in [-0.39, 0.29) is 11.6 Å². The first-order valence-electron chi connectivity index (χ1n) is 6.03. The van der Waals surface area contributed by atoms with Gasteiger partial charge in [-0.25, -0.2) is 4.39 Å². The van der Waals surface area contributed by atoms with Crippen LogP contribution in [-0.2, 0) is 0 Å². The van der Waals surface area contributed by atoms with Crippen LogP contribution in [0.4, 0.5) is 4.39 Å². The van der Waals surface area contributed by atoms with Gasteiger partial charge in [0.25, 0.3) is 5.89 Å². The monoisotopic (exact) mass is 270 g/mol. The van der Waals surface area contributed by atoms with Crippen molar-refractivity contribution in [3.8, 4) is 28.6 Å². The van der Waals surface area contributed by atoms with Gasteiger partial charge < -0.3 is 9.63 Å². The lowest BCUT2D eigenvalue weighted by atomic mass is 10.1. The second-order valence-corrected chi connectivity index (χ2v) is 4.43. The standard InChI is InChI=1S/C15H11FN2O2/c1-9-2-3-11(8-13(9)19)15-17-14(18-20-15)10-4-6-12(16)7-5-10/h2-8,19H,1H3. The van der Waals surface area contributed by atoms with Crippen molar-refractivity contribution in [3.05, 3.63) is 53.8 Å². The third-order valence-electron chi connectivity index (χ3n) is 2.98. The summed E-state index contributed by atoms with van der Waals surface area (Å²) in [6.07, 6.45) is 0. The molecule has 0 amide bonds. The zero-order chi connectivity index (χ0) is 14.1. The van der Waals surface area contributed by atoms with Crippen LogP contribution in [0, 0.1) is 12.7 Å². The molecule has 20 heavy (non-hydrogen) atoms. The molecule has 3 rings (SSSR count). The number of aromatic hydroxyl groups is 1. The quantitative estimate of drug-likeness (QED) is 0.773. The van der Waals surface area contributed by atoms with Crippen LogP contribution in [0.25, 0.3) is 22.8 Å². The highest BCUT2D eigenvalue weighted by Crippen LogP contribution is 2.26. The van der Waals surface area contributed by atoms with E-state index in [2.05, 4.69) is 10.1 Å². The summed E-state index contributed by atoms with van der Waals surface area (Å²) in [4.78, 5) is 4.24. The molecule has 0 saturated heterocycles. The predicted octanol–water partition coefficient (Wildman–Crippen LogP) is 3.56. The minimum Gasteiger partial charge on any atom is -0.508 e. The van der Waals surface area contributed by atoms with Crippen LogP contribution in [0.5, 0.6) is 5.75 Å². The second-order valence-electron chi connectivity index (χ2n) is 4.43. The van der Waals surface area contributed by atoms with E-state index in [4.69, 9.17) is 4.52 Å². The third kappa shape index (κ3) is 2.25. The number of halogens is 1. The summed E-state index contributed by atoms with van der Waals surface area (Å²) >= 11 is 0. The summed E-state index contributed by atoms with van der Waals surface area (Å²) in [5, 5.41) is 13.5. The smallest absolute Gasteiger partial charge is 0.258 e. The SMILES string of the molecule is Cc1ccc(-c2nc(-c3ccc(F)cc3)no2)cc1O. The average molecular weight is 270 g/mol. The van der Waals surface area contributed by atoms with Crippen molar-refractivity contribution in [3.63, 3.8) is 0 Å². The van der Waals surface area contributed by atoms with E-state index < -0.39 is 0 Å². The largest absolute Gasteiger partial charge is 0.508 e. The molecule has 0 spiro atoms. The molecule has 0 saturated carbocycles. The van der Waals surface area contributed by atoms with Crippen LogP contribution < -0.4 is 0 Å². The molecular formula is C15H11FN2O2. The van der Waals surface area contributed by atoms with Gasteiger partial charge in [-0.3, -0.25) is 0 Å². The summed E-state index contributed by atoms with van der Waals surface area (Å²) in [6, 6.07) is 11.0. The van der Waals surface area contributed by atoms with E-state index in [0.717, 1.165) is 5.56 Å². The molecule has 0 fully saturated rings. The molecule has 100 valence electrons. The Morgan fingerprint density at radius 2 is 1.75 bits per heavy atom. The Kier molecular flexibility index (Phi) is 2.95. The zero-order valence-corrected chi connectivity index (χ0v) is 10.7. The number of aromatic nitrogens is 2. The number of phenolic OH excluding ortho intramolecular Hbond substituents is 1. The normalized spacial score (nSPS) is 10.7. The maximum absolute atomic E-state index is 12.9. The zero-order valence-electron chi connectivity index (χ0n) is 10.7. The first-order valence-corrected chi connectivity index (χ1v) is 6.03. The topological polar surface area (TPSA) is 59.2 Å². The predicted molar refractivity (Wildman–Crippen MR) is 71.5 cm³/mol. The molecule has 0 unspecified atom stereocenters. The molecule has 1 aromatic heterocycles. The van der Waals surface area contributed by atoms with E-state index >= 15 is 0 Å². The first-order chi connectivity index (χ1) is 9.63. The van der Waals surface area contributed by atoms with Crippen molar-refractivity contribution in [2.24, 2.45) is 0 Å². The summed E-state index contributed by atoms with van der Waals surface area (Å²) in [6.45, 7) is 1.80.